The van der Waals surface area contributed by atoms with E-state index in [2.05, 4.69) is 0 Å². The normalized spacial score (nSPS) is 25.6. The summed E-state index contributed by atoms with van der Waals surface area (Å²) in [6.45, 7) is 1.42. The molecule has 2 aromatic carbocycles. The standard InChI is InChI=1S/C20H20FNO3/c21-18-8-4-5-9-19(18)24-17-10-15-12-22(13-16(15)11-17)25-20(23)14-6-2-1-3-7-14/h1-9,15-17H,10-13H2/t15-,16?,17+/m0/s1. The lowest BCUT2D eigenvalue weighted by atomic mass is 10.0. The Hall–Kier alpha value is -2.40. The van der Waals surface area contributed by atoms with Gasteiger partial charge < -0.3 is 9.57 Å². The molecule has 3 atom stereocenters. The number of para-hydroxylation sites is 1. The Morgan fingerprint density at radius 3 is 2.28 bits per heavy atom. The van der Waals surface area contributed by atoms with E-state index in [4.69, 9.17) is 9.57 Å². The number of rotatable bonds is 4. The zero-order valence-corrected chi connectivity index (χ0v) is 13.8. The molecule has 2 aromatic rings. The van der Waals surface area contributed by atoms with Gasteiger partial charge in [0.05, 0.1) is 11.7 Å². The van der Waals surface area contributed by atoms with E-state index in [0.717, 1.165) is 12.8 Å². The summed E-state index contributed by atoms with van der Waals surface area (Å²) in [6, 6.07) is 15.5. The van der Waals surface area contributed by atoms with E-state index in [-0.39, 0.29) is 17.9 Å². The summed E-state index contributed by atoms with van der Waals surface area (Å²) in [6.07, 6.45) is 1.75. The van der Waals surface area contributed by atoms with Crippen molar-refractivity contribution in [2.24, 2.45) is 11.8 Å². The van der Waals surface area contributed by atoms with Crippen LogP contribution in [0.5, 0.6) is 5.75 Å². The summed E-state index contributed by atoms with van der Waals surface area (Å²) < 4.78 is 19.5. The van der Waals surface area contributed by atoms with Gasteiger partial charge in [-0.3, -0.25) is 0 Å². The van der Waals surface area contributed by atoms with Crippen molar-refractivity contribution in [2.75, 3.05) is 13.1 Å². The first-order chi connectivity index (χ1) is 12.2. The minimum absolute atomic E-state index is 0.0267. The number of carbonyl (C=O) groups is 1. The van der Waals surface area contributed by atoms with Crippen molar-refractivity contribution >= 4 is 5.97 Å². The van der Waals surface area contributed by atoms with Gasteiger partial charge in [-0.25, -0.2) is 9.18 Å². The van der Waals surface area contributed by atoms with Crippen molar-refractivity contribution < 1.29 is 18.8 Å². The van der Waals surface area contributed by atoms with Crippen LogP contribution in [0.15, 0.2) is 54.6 Å². The van der Waals surface area contributed by atoms with Gasteiger partial charge in [0.2, 0.25) is 0 Å². The highest BCUT2D eigenvalue weighted by Gasteiger charge is 2.43. The molecule has 1 aliphatic heterocycles. The topological polar surface area (TPSA) is 38.8 Å². The Morgan fingerprint density at radius 2 is 1.60 bits per heavy atom. The maximum atomic E-state index is 13.7. The number of hydroxylamine groups is 2. The van der Waals surface area contributed by atoms with Crippen LogP contribution in [0.1, 0.15) is 23.2 Å². The molecule has 1 saturated heterocycles. The van der Waals surface area contributed by atoms with Gasteiger partial charge in [0.1, 0.15) is 0 Å². The molecule has 25 heavy (non-hydrogen) atoms. The smallest absolute Gasteiger partial charge is 0.357 e. The summed E-state index contributed by atoms with van der Waals surface area (Å²) >= 11 is 0. The SMILES string of the molecule is O=C(ON1CC2C[C@H](Oc3ccccc3F)C[C@H]2C1)c1ccccc1. The van der Waals surface area contributed by atoms with E-state index in [1.165, 1.54) is 6.07 Å². The molecule has 1 unspecified atom stereocenters. The van der Waals surface area contributed by atoms with Crippen LogP contribution in [-0.4, -0.2) is 30.2 Å². The van der Waals surface area contributed by atoms with Crippen LogP contribution in [0, 0.1) is 17.7 Å². The molecule has 2 fully saturated rings. The van der Waals surface area contributed by atoms with Crippen molar-refractivity contribution in [3.8, 4) is 5.75 Å². The Balaban J connectivity index is 1.30. The van der Waals surface area contributed by atoms with Crippen LogP contribution in [0.4, 0.5) is 4.39 Å². The Morgan fingerprint density at radius 1 is 0.960 bits per heavy atom. The van der Waals surface area contributed by atoms with Crippen LogP contribution in [0.25, 0.3) is 0 Å². The summed E-state index contributed by atoms with van der Waals surface area (Å²) in [7, 11) is 0. The lowest BCUT2D eigenvalue weighted by molar-refractivity contribution is -0.0991. The second-order valence-electron chi connectivity index (χ2n) is 6.75. The van der Waals surface area contributed by atoms with Crippen LogP contribution in [0.2, 0.25) is 0 Å². The maximum absolute atomic E-state index is 13.7. The van der Waals surface area contributed by atoms with E-state index < -0.39 is 0 Å². The fourth-order valence-corrected chi connectivity index (χ4v) is 3.84. The Bertz CT molecular complexity index is 738. The third-order valence-corrected chi connectivity index (χ3v) is 5.03. The number of nitrogens with zero attached hydrogens (tertiary/aromatic N) is 1. The van der Waals surface area contributed by atoms with Gasteiger partial charge in [0, 0.05) is 13.1 Å². The predicted molar refractivity (Wildman–Crippen MR) is 90.5 cm³/mol. The van der Waals surface area contributed by atoms with Crippen molar-refractivity contribution in [2.45, 2.75) is 18.9 Å². The Kier molecular flexibility index (Phi) is 4.40. The summed E-state index contributed by atoms with van der Waals surface area (Å²) in [4.78, 5) is 17.6. The van der Waals surface area contributed by atoms with Gasteiger partial charge in [-0.05, 0) is 48.9 Å². The molecular weight excluding hydrogens is 321 g/mol. The van der Waals surface area contributed by atoms with Crippen molar-refractivity contribution in [1.82, 2.24) is 5.06 Å². The highest BCUT2D eigenvalue weighted by atomic mass is 19.1. The van der Waals surface area contributed by atoms with Crippen LogP contribution in [-0.2, 0) is 4.84 Å². The molecule has 5 heteroatoms. The average molecular weight is 341 g/mol. The highest BCUT2D eigenvalue weighted by molar-refractivity contribution is 5.89. The fourth-order valence-electron chi connectivity index (χ4n) is 3.84. The molecule has 1 heterocycles. The largest absolute Gasteiger partial charge is 0.487 e. The van der Waals surface area contributed by atoms with E-state index in [1.54, 1.807) is 35.4 Å². The molecule has 0 N–H and O–H groups in total. The van der Waals surface area contributed by atoms with Crippen LogP contribution < -0.4 is 4.74 Å². The first-order valence-electron chi connectivity index (χ1n) is 8.62. The zero-order valence-electron chi connectivity index (χ0n) is 13.8. The number of hydrogen-bond donors (Lipinski definition) is 0. The van der Waals surface area contributed by atoms with Crippen molar-refractivity contribution in [3.05, 3.63) is 66.0 Å². The number of hydrogen-bond acceptors (Lipinski definition) is 4. The maximum Gasteiger partial charge on any atom is 0.357 e. The third-order valence-electron chi connectivity index (χ3n) is 5.03. The molecule has 4 rings (SSSR count). The number of benzene rings is 2. The molecular formula is C20H20FNO3. The quantitative estimate of drug-likeness (QED) is 0.850. The second kappa shape index (κ2) is 6.84. The molecule has 0 spiro atoms. The molecule has 0 aromatic heterocycles. The highest BCUT2D eigenvalue weighted by Crippen LogP contribution is 2.40. The summed E-state index contributed by atoms with van der Waals surface area (Å²) in [5, 5.41) is 1.75. The number of carbonyl (C=O) groups excluding carboxylic acids is 1. The predicted octanol–water partition coefficient (Wildman–Crippen LogP) is 3.69. The first-order valence-corrected chi connectivity index (χ1v) is 8.62. The van der Waals surface area contributed by atoms with E-state index >= 15 is 0 Å². The number of halogens is 1. The average Bonchev–Trinajstić information content (AvgIpc) is 3.15. The van der Waals surface area contributed by atoms with E-state index in [9.17, 15) is 9.18 Å². The monoisotopic (exact) mass is 341 g/mol. The fraction of sp³-hybridized carbons (Fsp3) is 0.350. The molecule has 1 saturated carbocycles. The third kappa shape index (κ3) is 3.51. The number of ether oxygens (including phenoxy) is 1. The number of fused-ring (bicyclic) bond motifs is 1. The lowest BCUT2D eigenvalue weighted by Gasteiger charge is -2.19. The minimum atomic E-state index is -0.321. The van der Waals surface area contributed by atoms with Gasteiger partial charge in [0.25, 0.3) is 0 Å². The lowest BCUT2D eigenvalue weighted by Crippen LogP contribution is -2.27. The van der Waals surface area contributed by atoms with Gasteiger partial charge in [-0.1, -0.05) is 30.3 Å². The van der Waals surface area contributed by atoms with Crippen LogP contribution in [0.3, 0.4) is 0 Å². The molecule has 4 nitrogen and oxygen atoms in total. The van der Waals surface area contributed by atoms with Gasteiger partial charge >= 0.3 is 5.97 Å². The molecule has 0 radical (unpaired) electrons. The molecule has 0 amide bonds. The summed E-state index contributed by atoms with van der Waals surface area (Å²) in [5.41, 5.74) is 0.556. The Labute approximate surface area is 146 Å². The molecule has 0 bridgehead atoms. The van der Waals surface area contributed by atoms with E-state index in [1.807, 2.05) is 18.2 Å². The van der Waals surface area contributed by atoms with Crippen LogP contribution >= 0.6 is 0 Å². The second-order valence-corrected chi connectivity index (χ2v) is 6.75. The van der Waals surface area contributed by atoms with Gasteiger partial charge in [0.15, 0.2) is 11.6 Å². The van der Waals surface area contributed by atoms with E-state index in [0.29, 0.717) is 36.2 Å². The minimum Gasteiger partial charge on any atom is -0.487 e. The summed E-state index contributed by atoms with van der Waals surface area (Å²) in [5.74, 6) is 0.512. The first kappa shape index (κ1) is 16.1. The van der Waals surface area contributed by atoms with Crippen molar-refractivity contribution in [3.63, 3.8) is 0 Å². The van der Waals surface area contributed by atoms with Gasteiger partial charge in [-0.2, -0.15) is 0 Å². The molecule has 130 valence electrons. The molecule has 2 aliphatic rings. The van der Waals surface area contributed by atoms with Gasteiger partial charge in [-0.15, -0.1) is 5.06 Å². The molecule has 1 aliphatic carbocycles. The van der Waals surface area contributed by atoms with Crippen molar-refractivity contribution in [1.29, 1.82) is 0 Å². The zero-order chi connectivity index (χ0) is 17.2.